The summed E-state index contributed by atoms with van der Waals surface area (Å²) in [6.45, 7) is 1.05. The lowest BCUT2D eigenvalue weighted by atomic mass is 9.96. The van der Waals surface area contributed by atoms with Gasteiger partial charge < -0.3 is 14.6 Å². The zero-order valence-corrected chi connectivity index (χ0v) is 18.1. The quantitative estimate of drug-likeness (QED) is 0.328. The minimum Gasteiger partial charge on any atom is -0.490 e. The van der Waals surface area contributed by atoms with E-state index >= 15 is 0 Å². The Kier molecular flexibility index (Phi) is 5.99. The Morgan fingerprint density at radius 1 is 1.09 bits per heavy atom. The van der Waals surface area contributed by atoms with Crippen LogP contribution in [0.5, 0.6) is 5.75 Å². The van der Waals surface area contributed by atoms with Gasteiger partial charge in [-0.1, -0.05) is 6.07 Å². The predicted molar refractivity (Wildman–Crippen MR) is 123 cm³/mol. The van der Waals surface area contributed by atoms with Gasteiger partial charge >= 0.3 is 5.97 Å². The molecule has 8 nitrogen and oxygen atoms in total. The van der Waals surface area contributed by atoms with Gasteiger partial charge in [0, 0.05) is 41.6 Å². The SMILES string of the molecule is O=C(CCO)OCCOc1ccc2c(-c3c(-c4ccccn4)nn4c3CCC4)ccnc2c1. The number of rotatable bonds is 8. The molecule has 8 heteroatoms. The number of esters is 1. The fraction of sp³-hybridized carbons (Fsp3) is 0.280. The first-order valence-electron chi connectivity index (χ1n) is 11.0. The van der Waals surface area contributed by atoms with Gasteiger partial charge in [0.05, 0.1) is 24.2 Å². The molecule has 0 saturated carbocycles. The molecule has 0 atom stereocenters. The van der Waals surface area contributed by atoms with Crippen LogP contribution in [0.2, 0.25) is 0 Å². The van der Waals surface area contributed by atoms with Gasteiger partial charge in [-0.15, -0.1) is 0 Å². The smallest absolute Gasteiger partial charge is 0.308 e. The van der Waals surface area contributed by atoms with Crippen molar-refractivity contribution < 1.29 is 19.4 Å². The Morgan fingerprint density at radius 2 is 2.03 bits per heavy atom. The van der Waals surface area contributed by atoms with Crippen molar-refractivity contribution >= 4 is 16.9 Å². The highest BCUT2D eigenvalue weighted by Crippen LogP contribution is 2.40. The van der Waals surface area contributed by atoms with Crippen LogP contribution in [-0.2, 0) is 22.5 Å². The Balaban J connectivity index is 1.45. The van der Waals surface area contributed by atoms with Crippen molar-refractivity contribution in [3.05, 3.63) is 60.6 Å². The lowest BCUT2D eigenvalue weighted by molar-refractivity contribution is -0.145. The van der Waals surface area contributed by atoms with E-state index in [2.05, 4.69) is 14.6 Å². The minimum absolute atomic E-state index is 0.0122. The lowest BCUT2D eigenvalue weighted by Gasteiger charge is -2.11. The second-order valence-electron chi connectivity index (χ2n) is 7.79. The summed E-state index contributed by atoms with van der Waals surface area (Å²) in [6.07, 6.45) is 5.65. The highest BCUT2D eigenvalue weighted by atomic mass is 16.6. The Hall–Kier alpha value is -3.78. The summed E-state index contributed by atoms with van der Waals surface area (Å²) in [5, 5.41) is 14.7. The predicted octanol–water partition coefficient (Wildman–Crippen LogP) is 3.41. The van der Waals surface area contributed by atoms with E-state index in [1.165, 1.54) is 5.69 Å². The van der Waals surface area contributed by atoms with Gasteiger partial charge in [0.1, 0.15) is 24.7 Å². The number of benzene rings is 1. The fourth-order valence-corrected chi connectivity index (χ4v) is 4.21. The van der Waals surface area contributed by atoms with Gasteiger partial charge in [0.25, 0.3) is 0 Å². The average Bonchev–Trinajstić information content (AvgIpc) is 3.44. The van der Waals surface area contributed by atoms with Crippen molar-refractivity contribution in [3.63, 3.8) is 0 Å². The molecule has 0 spiro atoms. The maximum atomic E-state index is 11.3. The lowest BCUT2D eigenvalue weighted by Crippen LogP contribution is -2.13. The summed E-state index contributed by atoms with van der Waals surface area (Å²) in [5.74, 6) is 0.207. The molecule has 0 bridgehead atoms. The Morgan fingerprint density at radius 3 is 2.88 bits per heavy atom. The second-order valence-corrected chi connectivity index (χ2v) is 7.79. The molecular weight excluding hydrogens is 420 g/mol. The van der Waals surface area contributed by atoms with Gasteiger partial charge in [0.2, 0.25) is 0 Å². The van der Waals surface area contributed by atoms with Crippen molar-refractivity contribution in [2.24, 2.45) is 0 Å². The molecule has 4 aromatic rings. The number of hydrogen-bond donors (Lipinski definition) is 1. The first kappa shape index (κ1) is 21.1. The van der Waals surface area contributed by atoms with Crippen molar-refractivity contribution in [2.45, 2.75) is 25.8 Å². The van der Waals surface area contributed by atoms with E-state index in [0.29, 0.717) is 5.75 Å². The number of pyridine rings is 2. The summed E-state index contributed by atoms with van der Waals surface area (Å²) in [5.41, 5.74) is 5.98. The largest absolute Gasteiger partial charge is 0.490 e. The monoisotopic (exact) mass is 444 g/mol. The summed E-state index contributed by atoms with van der Waals surface area (Å²) in [6, 6.07) is 13.7. The third-order valence-corrected chi connectivity index (χ3v) is 5.66. The van der Waals surface area contributed by atoms with E-state index in [9.17, 15) is 4.79 Å². The number of hydrogen-bond acceptors (Lipinski definition) is 7. The van der Waals surface area contributed by atoms with E-state index < -0.39 is 5.97 Å². The van der Waals surface area contributed by atoms with Crippen molar-refractivity contribution in [1.29, 1.82) is 0 Å². The molecule has 1 N–H and O–H groups in total. The van der Waals surface area contributed by atoms with Crippen LogP contribution in [0.15, 0.2) is 54.9 Å². The molecular formula is C25H24N4O4. The van der Waals surface area contributed by atoms with Crippen molar-refractivity contribution in [1.82, 2.24) is 19.7 Å². The molecule has 4 heterocycles. The Bertz CT molecular complexity index is 1290. The van der Waals surface area contributed by atoms with Gasteiger partial charge in [-0.2, -0.15) is 5.10 Å². The summed E-state index contributed by atoms with van der Waals surface area (Å²) >= 11 is 0. The molecule has 1 aromatic carbocycles. The maximum Gasteiger partial charge on any atom is 0.308 e. The third kappa shape index (κ3) is 4.29. The van der Waals surface area contributed by atoms with Crippen LogP contribution in [0.4, 0.5) is 0 Å². The van der Waals surface area contributed by atoms with Crippen LogP contribution < -0.4 is 4.74 Å². The molecule has 5 rings (SSSR count). The second kappa shape index (κ2) is 9.38. The van der Waals surface area contributed by atoms with Crippen LogP contribution in [0.25, 0.3) is 33.4 Å². The number of carbonyl (C=O) groups excluding carboxylic acids is 1. The molecule has 0 amide bonds. The number of aromatic nitrogens is 4. The zero-order valence-electron chi connectivity index (χ0n) is 18.1. The van der Waals surface area contributed by atoms with Crippen LogP contribution >= 0.6 is 0 Å². The van der Waals surface area contributed by atoms with E-state index in [0.717, 1.165) is 52.8 Å². The van der Waals surface area contributed by atoms with Gasteiger partial charge in [0.15, 0.2) is 0 Å². The molecule has 33 heavy (non-hydrogen) atoms. The van der Waals surface area contributed by atoms with Gasteiger partial charge in [-0.3, -0.25) is 19.4 Å². The first-order valence-corrected chi connectivity index (χ1v) is 11.0. The number of aryl methyl sites for hydroxylation is 1. The highest BCUT2D eigenvalue weighted by molar-refractivity contribution is 5.99. The Labute approximate surface area is 190 Å². The zero-order chi connectivity index (χ0) is 22.6. The fourth-order valence-electron chi connectivity index (χ4n) is 4.21. The third-order valence-electron chi connectivity index (χ3n) is 5.66. The molecule has 168 valence electrons. The van der Waals surface area contributed by atoms with Crippen LogP contribution in [0.3, 0.4) is 0 Å². The minimum atomic E-state index is -0.441. The number of aliphatic hydroxyl groups is 1. The summed E-state index contributed by atoms with van der Waals surface area (Å²) in [4.78, 5) is 20.4. The first-order chi connectivity index (χ1) is 16.2. The molecule has 0 saturated heterocycles. The summed E-state index contributed by atoms with van der Waals surface area (Å²) in [7, 11) is 0. The molecule has 0 aliphatic carbocycles. The van der Waals surface area contributed by atoms with Gasteiger partial charge in [-0.05, 0) is 48.7 Å². The molecule has 0 fully saturated rings. The maximum absolute atomic E-state index is 11.3. The van der Waals surface area contributed by atoms with E-state index in [4.69, 9.17) is 19.7 Å². The molecule has 0 radical (unpaired) electrons. The molecule has 1 aliphatic rings. The topological polar surface area (TPSA) is 99.4 Å². The van der Waals surface area contributed by atoms with E-state index in [-0.39, 0.29) is 26.2 Å². The molecule has 3 aromatic heterocycles. The summed E-state index contributed by atoms with van der Waals surface area (Å²) < 4.78 is 12.8. The van der Waals surface area contributed by atoms with E-state index in [1.807, 2.05) is 42.5 Å². The van der Waals surface area contributed by atoms with Crippen LogP contribution in [-0.4, -0.2) is 50.6 Å². The highest BCUT2D eigenvalue weighted by Gasteiger charge is 2.25. The molecule has 0 unspecified atom stereocenters. The standard InChI is InChI=1S/C25H24N4O4/c30-13-9-23(31)33-15-14-32-17-6-7-18-19(8-11-27-21(18)16-17)24-22-5-3-12-29(22)28-25(24)20-4-1-2-10-26-20/h1-2,4,6-8,10-11,16,30H,3,5,9,12-15H2. The van der Waals surface area contributed by atoms with Crippen molar-refractivity contribution in [3.8, 4) is 28.3 Å². The van der Waals surface area contributed by atoms with Gasteiger partial charge in [-0.25, -0.2) is 0 Å². The number of aliphatic hydroxyl groups excluding tert-OH is 1. The van der Waals surface area contributed by atoms with Crippen LogP contribution in [0.1, 0.15) is 18.5 Å². The van der Waals surface area contributed by atoms with Crippen molar-refractivity contribution in [2.75, 3.05) is 19.8 Å². The average molecular weight is 444 g/mol. The van der Waals surface area contributed by atoms with E-state index in [1.54, 1.807) is 12.4 Å². The number of fused-ring (bicyclic) bond motifs is 2. The van der Waals surface area contributed by atoms with Crippen LogP contribution in [0, 0.1) is 0 Å². The molecule has 1 aliphatic heterocycles. The number of ether oxygens (including phenoxy) is 2. The normalized spacial score (nSPS) is 12.6. The number of carbonyl (C=O) groups is 1. The number of nitrogens with zero attached hydrogens (tertiary/aromatic N) is 4.